The summed E-state index contributed by atoms with van der Waals surface area (Å²) >= 11 is 1.89. The molecule has 138 valence electrons. The lowest BCUT2D eigenvalue weighted by Crippen LogP contribution is -2.38. The number of pyridine rings is 1. The number of fused-ring (bicyclic) bond motifs is 1. The summed E-state index contributed by atoms with van der Waals surface area (Å²) in [5.74, 6) is 2.75. The third-order valence-electron chi connectivity index (χ3n) is 4.64. The molecule has 1 aromatic heterocycles. The van der Waals surface area contributed by atoms with Crippen LogP contribution in [0.1, 0.15) is 10.4 Å². The van der Waals surface area contributed by atoms with Gasteiger partial charge in [0, 0.05) is 47.9 Å². The van der Waals surface area contributed by atoms with E-state index >= 15 is 0 Å². The van der Waals surface area contributed by atoms with Crippen LogP contribution in [0.4, 0.5) is 11.4 Å². The fourth-order valence-electron chi connectivity index (χ4n) is 3.22. The average Bonchev–Trinajstić information content (AvgIpc) is 2.74. The largest absolute Gasteiger partial charge is 0.497 e. The van der Waals surface area contributed by atoms with Gasteiger partial charge in [-0.15, -0.1) is 0 Å². The van der Waals surface area contributed by atoms with E-state index in [2.05, 4.69) is 10.3 Å². The van der Waals surface area contributed by atoms with E-state index in [4.69, 9.17) is 4.74 Å². The lowest BCUT2D eigenvalue weighted by atomic mass is 10.1. The van der Waals surface area contributed by atoms with Crippen LogP contribution in [0, 0.1) is 0 Å². The molecule has 1 N–H and O–H groups in total. The minimum Gasteiger partial charge on any atom is -0.497 e. The predicted octanol–water partition coefficient (Wildman–Crippen LogP) is 4.18. The van der Waals surface area contributed by atoms with Crippen LogP contribution in [0.3, 0.4) is 0 Å². The van der Waals surface area contributed by atoms with Crippen molar-refractivity contribution in [2.75, 3.05) is 37.0 Å². The molecule has 3 aromatic rings. The molecule has 0 saturated carbocycles. The Kier molecular flexibility index (Phi) is 5.16. The second-order valence-corrected chi connectivity index (χ2v) is 7.55. The summed E-state index contributed by atoms with van der Waals surface area (Å²) in [5, 5.41) is 4.37. The van der Waals surface area contributed by atoms with Gasteiger partial charge < -0.3 is 15.0 Å². The maximum Gasteiger partial charge on any atom is 0.257 e. The summed E-state index contributed by atoms with van der Waals surface area (Å²) in [7, 11) is 1.64. The third kappa shape index (κ3) is 3.71. The summed E-state index contributed by atoms with van der Waals surface area (Å²) in [6, 6.07) is 15.6. The number of carbonyl (C=O) groups is 1. The van der Waals surface area contributed by atoms with Gasteiger partial charge in [0.15, 0.2) is 0 Å². The van der Waals surface area contributed by atoms with Gasteiger partial charge >= 0.3 is 0 Å². The molecule has 2 heterocycles. The molecule has 6 heteroatoms. The molecule has 1 fully saturated rings. The lowest BCUT2D eigenvalue weighted by molar-refractivity contribution is 0.0773. The molecular weight excluding hydrogens is 358 g/mol. The molecule has 0 spiro atoms. The maximum atomic E-state index is 13.2. The molecule has 5 nitrogen and oxygen atoms in total. The number of anilines is 2. The topological polar surface area (TPSA) is 54.5 Å². The number of nitrogens with one attached hydrogen (secondary N) is 1. The summed E-state index contributed by atoms with van der Waals surface area (Å²) in [4.78, 5) is 19.6. The fourth-order valence-corrected chi connectivity index (χ4v) is 4.12. The van der Waals surface area contributed by atoms with Crippen LogP contribution < -0.4 is 10.1 Å². The van der Waals surface area contributed by atoms with E-state index in [0.717, 1.165) is 52.6 Å². The zero-order valence-corrected chi connectivity index (χ0v) is 16.0. The van der Waals surface area contributed by atoms with Crippen LogP contribution in [0.2, 0.25) is 0 Å². The van der Waals surface area contributed by atoms with Crippen molar-refractivity contribution in [1.29, 1.82) is 0 Å². The first-order valence-corrected chi connectivity index (χ1v) is 10.1. The van der Waals surface area contributed by atoms with Crippen LogP contribution in [0.15, 0.2) is 54.7 Å². The molecule has 0 bridgehead atoms. The number of hydrogen-bond donors (Lipinski definition) is 1. The van der Waals surface area contributed by atoms with E-state index in [9.17, 15) is 4.79 Å². The van der Waals surface area contributed by atoms with Crippen LogP contribution >= 0.6 is 11.8 Å². The summed E-state index contributed by atoms with van der Waals surface area (Å²) in [5.41, 5.74) is 3.11. The van der Waals surface area contributed by atoms with Crippen molar-refractivity contribution in [3.63, 3.8) is 0 Å². The fraction of sp³-hybridized carbons (Fsp3) is 0.238. The minimum absolute atomic E-state index is 0.0268. The third-order valence-corrected chi connectivity index (χ3v) is 5.59. The first kappa shape index (κ1) is 17.7. The Morgan fingerprint density at radius 2 is 1.96 bits per heavy atom. The monoisotopic (exact) mass is 379 g/mol. The Labute approximate surface area is 162 Å². The zero-order chi connectivity index (χ0) is 18.6. The number of rotatable bonds is 4. The number of hydrogen-bond acceptors (Lipinski definition) is 5. The number of para-hydroxylation sites is 1. The number of thioether (sulfide) groups is 1. The van der Waals surface area contributed by atoms with Crippen molar-refractivity contribution in [3.05, 3.63) is 60.3 Å². The standard InChI is InChI=1S/C21H21N3O2S/c1-26-16-6-4-5-15(13-16)23-20-17-7-2-3-8-19(17)22-14-18(20)21(25)24-9-11-27-12-10-24/h2-8,13-14H,9-12H2,1H3,(H,22,23). The molecular formula is C21H21N3O2S. The summed E-state index contributed by atoms with van der Waals surface area (Å²) < 4.78 is 5.32. The molecule has 0 unspecified atom stereocenters. The number of amides is 1. The molecule has 0 aliphatic carbocycles. The first-order chi connectivity index (χ1) is 13.3. The Hall–Kier alpha value is -2.73. The van der Waals surface area contributed by atoms with Gasteiger partial charge in [0.2, 0.25) is 0 Å². The first-order valence-electron chi connectivity index (χ1n) is 8.92. The molecule has 1 saturated heterocycles. The van der Waals surface area contributed by atoms with Gasteiger partial charge in [-0.3, -0.25) is 9.78 Å². The van der Waals surface area contributed by atoms with E-state index in [0.29, 0.717) is 5.56 Å². The van der Waals surface area contributed by atoms with Crippen molar-refractivity contribution in [1.82, 2.24) is 9.88 Å². The molecule has 1 amide bonds. The van der Waals surface area contributed by atoms with E-state index in [1.165, 1.54) is 0 Å². The zero-order valence-electron chi connectivity index (χ0n) is 15.1. The van der Waals surface area contributed by atoms with Crippen molar-refractivity contribution < 1.29 is 9.53 Å². The van der Waals surface area contributed by atoms with Crippen molar-refractivity contribution in [3.8, 4) is 5.75 Å². The van der Waals surface area contributed by atoms with Crippen molar-refractivity contribution in [2.45, 2.75) is 0 Å². The molecule has 1 aliphatic rings. The predicted molar refractivity (Wildman–Crippen MR) is 111 cm³/mol. The van der Waals surface area contributed by atoms with Gasteiger partial charge in [0.05, 0.1) is 23.9 Å². The lowest BCUT2D eigenvalue weighted by Gasteiger charge is -2.27. The average molecular weight is 379 g/mol. The number of carbonyl (C=O) groups excluding carboxylic acids is 1. The highest BCUT2D eigenvalue weighted by Gasteiger charge is 2.23. The molecule has 2 aromatic carbocycles. The highest BCUT2D eigenvalue weighted by molar-refractivity contribution is 7.99. The molecule has 0 atom stereocenters. The molecule has 1 aliphatic heterocycles. The van der Waals surface area contributed by atoms with Gasteiger partial charge in [0.25, 0.3) is 5.91 Å². The smallest absolute Gasteiger partial charge is 0.257 e. The number of aromatic nitrogens is 1. The maximum absolute atomic E-state index is 13.2. The Bertz CT molecular complexity index is 971. The normalized spacial score (nSPS) is 14.2. The highest BCUT2D eigenvalue weighted by atomic mass is 32.2. The quantitative estimate of drug-likeness (QED) is 0.737. The Morgan fingerprint density at radius 3 is 2.78 bits per heavy atom. The summed E-state index contributed by atoms with van der Waals surface area (Å²) in [6.07, 6.45) is 1.69. The van der Waals surface area contributed by atoms with E-state index < -0.39 is 0 Å². The van der Waals surface area contributed by atoms with Crippen LogP contribution in [-0.2, 0) is 0 Å². The number of methoxy groups -OCH3 is 1. The SMILES string of the molecule is COc1cccc(Nc2c(C(=O)N3CCSCC3)cnc3ccccc23)c1. The minimum atomic E-state index is 0.0268. The van der Waals surface area contributed by atoms with Crippen LogP contribution in [0.5, 0.6) is 5.75 Å². The Balaban J connectivity index is 1.78. The summed E-state index contributed by atoms with van der Waals surface area (Å²) in [6.45, 7) is 1.55. The van der Waals surface area contributed by atoms with E-state index in [-0.39, 0.29) is 5.91 Å². The van der Waals surface area contributed by atoms with Gasteiger partial charge in [-0.2, -0.15) is 11.8 Å². The highest BCUT2D eigenvalue weighted by Crippen LogP contribution is 2.31. The molecule has 0 radical (unpaired) electrons. The van der Waals surface area contributed by atoms with Crippen molar-refractivity contribution >= 4 is 39.9 Å². The molecule has 4 rings (SSSR count). The van der Waals surface area contributed by atoms with E-state index in [1.807, 2.05) is 65.2 Å². The van der Waals surface area contributed by atoms with Gasteiger partial charge in [0.1, 0.15) is 5.75 Å². The van der Waals surface area contributed by atoms with Gasteiger partial charge in [-0.05, 0) is 18.2 Å². The number of benzene rings is 2. The number of nitrogens with zero attached hydrogens (tertiary/aromatic N) is 2. The second-order valence-electron chi connectivity index (χ2n) is 6.33. The van der Waals surface area contributed by atoms with Crippen LogP contribution in [-0.4, -0.2) is 47.5 Å². The van der Waals surface area contributed by atoms with Gasteiger partial charge in [-0.25, -0.2) is 0 Å². The van der Waals surface area contributed by atoms with Gasteiger partial charge in [-0.1, -0.05) is 24.3 Å². The second kappa shape index (κ2) is 7.88. The number of ether oxygens (including phenoxy) is 1. The molecule has 27 heavy (non-hydrogen) atoms. The van der Waals surface area contributed by atoms with Crippen molar-refractivity contribution in [2.24, 2.45) is 0 Å². The Morgan fingerprint density at radius 1 is 1.15 bits per heavy atom. The van der Waals surface area contributed by atoms with Crippen LogP contribution in [0.25, 0.3) is 10.9 Å². The van der Waals surface area contributed by atoms with E-state index in [1.54, 1.807) is 13.3 Å².